The van der Waals surface area contributed by atoms with E-state index < -0.39 is 11.6 Å². The average Bonchev–Trinajstić information content (AvgIpc) is 3.43. The molecule has 0 spiro atoms. The molecule has 2 aromatic carbocycles. The lowest BCUT2D eigenvalue weighted by atomic mass is 10.0. The molecule has 2 aliphatic rings. The van der Waals surface area contributed by atoms with E-state index in [-0.39, 0.29) is 17.3 Å². The third kappa shape index (κ3) is 5.11. The Morgan fingerprint density at radius 3 is 2.38 bits per heavy atom. The Hall–Kier alpha value is -3.83. The van der Waals surface area contributed by atoms with Crippen molar-refractivity contribution in [3.8, 4) is 17.1 Å². The maximum Gasteiger partial charge on any atom is 0.232 e. The van der Waals surface area contributed by atoms with Crippen molar-refractivity contribution >= 4 is 23.0 Å². The summed E-state index contributed by atoms with van der Waals surface area (Å²) < 4.78 is 36.3. The molecule has 2 aliphatic heterocycles. The second kappa shape index (κ2) is 10.7. The topological polar surface area (TPSA) is 74.1 Å². The molecule has 4 aromatic rings. The van der Waals surface area contributed by atoms with Crippen molar-refractivity contribution in [3.63, 3.8) is 0 Å². The number of anilines is 3. The molecule has 0 atom stereocenters. The zero-order chi connectivity index (χ0) is 26.9. The van der Waals surface area contributed by atoms with Crippen LogP contribution in [0.25, 0.3) is 17.0 Å². The molecule has 39 heavy (non-hydrogen) atoms. The lowest BCUT2D eigenvalue weighted by molar-refractivity contribution is 0.0981. The van der Waals surface area contributed by atoms with E-state index in [1.165, 1.54) is 22.7 Å². The summed E-state index contributed by atoms with van der Waals surface area (Å²) in [5, 5.41) is 7.51. The quantitative estimate of drug-likeness (QED) is 0.398. The number of hydrogen-bond donors (Lipinski definition) is 1. The van der Waals surface area contributed by atoms with Crippen LogP contribution in [0.3, 0.4) is 0 Å². The Morgan fingerprint density at radius 1 is 0.923 bits per heavy atom. The smallest absolute Gasteiger partial charge is 0.232 e. The van der Waals surface area contributed by atoms with Crippen molar-refractivity contribution in [1.82, 2.24) is 29.4 Å². The molecule has 2 saturated heterocycles. The highest BCUT2D eigenvalue weighted by molar-refractivity contribution is 5.69. The summed E-state index contributed by atoms with van der Waals surface area (Å²) in [7, 11) is 3.85. The van der Waals surface area contributed by atoms with Gasteiger partial charge in [-0.3, -0.25) is 4.90 Å². The Labute approximate surface area is 226 Å². The molecule has 204 valence electrons. The van der Waals surface area contributed by atoms with E-state index in [1.54, 1.807) is 19.4 Å². The number of piperidine rings is 1. The monoisotopic (exact) mass is 534 g/mol. The summed E-state index contributed by atoms with van der Waals surface area (Å²) in [5.41, 5.74) is 1.88. The molecule has 0 amide bonds. The van der Waals surface area contributed by atoms with E-state index in [0.717, 1.165) is 63.5 Å². The van der Waals surface area contributed by atoms with Crippen LogP contribution in [0.15, 0.2) is 48.7 Å². The molecule has 9 nitrogen and oxygen atoms in total. The fourth-order valence-corrected chi connectivity index (χ4v) is 5.53. The normalized spacial score (nSPS) is 17.6. The summed E-state index contributed by atoms with van der Waals surface area (Å²) >= 11 is 0. The third-order valence-electron chi connectivity index (χ3n) is 7.74. The summed E-state index contributed by atoms with van der Waals surface area (Å²) in [4.78, 5) is 16.2. The molecule has 11 heteroatoms. The fourth-order valence-electron chi connectivity index (χ4n) is 5.53. The van der Waals surface area contributed by atoms with Crippen LogP contribution in [0.5, 0.6) is 5.75 Å². The molecule has 0 radical (unpaired) electrons. The molecule has 1 N–H and O–H groups in total. The van der Waals surface area contributed by atoms with Crippen LogP contribution in [0.2, 0.25) is 0 Å². The first-order chi connectivity index (χ1) is 19.0. The van der Waals surface area contributed by atoms with Crippen LogP contribution in [-0.2, 0) is 0 Å². The van der Waals surface area contributed by atoms with Crippen molar-refractivity contribution in [3.05, 3.63) is 60.3 Å². The van der Waals surface area contributed by atoms with Gasteiger partial charge in [-0.1, -0.05) is 6.07 Å². The van der Waals surface area contributed by atoms with Crippen LogP contribution in [0.1, 0.15) is 12.8 Å². The van der Waals surface area contributed by atoms with Crippen molar-refractivity contribution in [2.24, 2.45) is 0 Å². The van der Waals surface area contributed by atoms with E-state index in [0.29, 0.717) is 17.4 Å². The Bertz CT molecular complexity index is 1440. The predicted octanol–water partition coefficient (Wildman–Crippen LogP) is 4.04. The number of nitrogens with one attached hydrogen (secondary N) is 1. The van der Waals surface area contributed by atoms with Crippen LogP contribution < -0.4 is 15.0 Å². The number of benzene rings is 2. The standard InChI is InChI=1S/C28H32F2N8O/c1-35-14-16-36(17-15-35)20-9-12-37(13-10-20)23-7-6-19(18-24(23)39-2)32-28-34-27(33-25-8-11-31-38(25)28)26-21(29)4-3-5-22(26)30/h3-8,11,18,20H,9-10,12-17H2,1-2H3,(H,32,33,34). The van der Waals surface area contributed by atoms with Crippen LogP contribution in [-0.4, -0.2) is 88.8 Å². The number of hydrogen-bond acceptors (Lipinski definition) is 8. The van der Waals surface area contributed by atoms with E-state index in [2.05, 4.69) is 42.1 Å². The Balaban J connectivity index is 1.22. The largest absolute Gasteiger partial charge is 0.495 e. The predicted molar refractivity (Wildman–Crippen MR) is 147 cm³/mol. The molecule has 6 rings (SSSR count). The lowest BCUT2D eigenvalue weighted by Crippen LogP contribution is -2.52. The van der Waals surface area contributed by atoms with Crippen LogP contribution >= 0.6 is 0 Å². The zero-order valence-corrected chi connectivity index (χ0v) is 22.1. The van der Waals surface area contributed by atoms with Crippen molar-refractivity contribution in [1.29, 1.82) is 0 Å². The van der Waals surface area contributed by atoms with Crippen molar-refractivity contribution < 1.29 is 13.5 Å². The molecule has 4 heterocycles. The molecule has 0 unspecified atom stereocenters. The van der Waals surface area contributed by atoms with Gasteiger partial charge in [0.1, 0.15) is 17.4 Å². The number of methoxy groups -OCH3 is 1. The number of nitrogens with zero attached hydrogens (tertiary/aromatic N) is 7. The lowest BCUT2D eigenvalue weighted by Gasteiger charge is -2.42. The summed E-state index contributed by atoms with van der Waals surface area (Å²) in [6.07, 6.45) is 3.81. The average molecular weight is 535 g/mol. The maximum absolute atomic E-state index is 14.5. The van der Waals surface area contributed by atoms with Gasteiger partial charge in [-0.2, -0.15) is 14.6 Å². The number of rotatable bonds is 6. The molecule has 0 bridgehead atoms. The van der Waals surface area contributed by atoms with E-state index in [4.69, 9.17) is 4.74 Å². The van der Waals surface area contributed by atoms with Gasteiger partial charge in [0, 0.05) is 63.1 Å². The van der Waals surface area contributed by atoms with Gasteiger partial charge < -0.3 is 19.9 Å². The van der Waals surface area contributed by atoms with Crippen LogP contribution in [0, 0.1) is 11.6 Å². The Kier molecular flexibility index (Phi) is 7.01. The SMILES string of the molecule is COc1cc(Nc2nc(-c3c(F)cccc3F)nc3ccnn23)ccc1N1CCC(N2CCN(C)CC2)CC1. The van der Waals surface area contributed by atoms with Crippen molar-refractivity contribution in [2.75, 3.05) is 63.6 Å². The number of aromatic nitrogens is 4. The van der Waals surface area contributed by atoms with Crippen molar-refractivity contribution in [2.45, 2.75) is 18.9 Å². The molecular formula is C28H32F2N8O. The second-order valence-electron chi connectivity index (χ2n) is 10.1. The summed E-state index contributed by atoms with van der Waals surface area (Å²) in [6.45, 7) is 6.49. The first-order valence-corrected chi connectivity index (χ1v) is 13.3. The number of ether oxygens (including phenoxy) is 1. The van der Waals surface area contributed by atoms with E-state index >= 15 is 0 Å². The fraction of sp³-hybridized carbons (Fsp3) is 0.393. The van der Waals surface area contributed by atoms with Gasteiger partial charge in [0.05, 0.1) is 24.6 Å². The van der Waals surface area contributed by atoms with Gasteiger partial charge in [0.25, 0.3) is 0 Å². The Morgan fingerprint density at radius 2 is 1.67 bits per heavy atom. The first kappa shape index (κ1) is 25.4. The van der Waals surface area contributed by atoms with Gasteiger partial charge in [-0.15, -0.1) is 0 Å². The number of likely N-dealkylation sites (N-methyl/N-ethyl adjacent to an activating group) is 1. The molecule has 0 aliphatic carbocycles. The van der Waals surface area contributed by atoms with Gasteiger partial charge in [-0.05, 0) is 44.2 Å². The first-order valence-electron chi connectivity index (χ1n) is 13.3. The third-order valence-corrected chi connectivity index (χ3v) is 7.74. The second-order valence-corrected chi connectivity index (χ2v) is 10.1. The number of halogens is 2. The van der Waals surface area contributed by atoms with E-state index in [1.807, 2.05) is 18.2 Å². The van der Waals surface area contributed by atoms with E-state index in [9.17, 15) is 8.78 Å². The minimum absolute atomic E-state index is 0.0621. The number of piperazine rings is 1. The maximum atomic E-state index is 14.5. The minimum Gasteiger partial charge on any atom is -0.495 e. The molecular weight excluding hydrogens is 502 g/mol. The summed E-state index contributed by atoms with van der Waals surface area (Å²) in [5.74, 6) is -0.498. The highest BCUT2D eigenvalue weighted by Crippen LogP contribution is 2.35. The molecule has 0 saturated carbocycles. The van der Waals surface area contributed by atoms with Gasteiger partial charge in [0.15, 0.2) is 11.5 Å². The highest BCUT2D eigenvalue weighted by atomic mass is 19.1. The number of fused-ring (bicyclic) bond motifs is 1. The van der Waals surface area contributed by atoms with Crippen LogP contribution in [0.4, 0.5) is 26.1 Å². The molecule has 2 fully saturated rings. The summed E-state index contributed by atoms with van der Waals surface area (Å²) in [6, 6.07) is 11.9. The zero-order valence-electron chi connectivity index (χ0n) is 22.1. The minimum atomic E-state index is -0.729. The highest BCUT2D eigenvalue weighted by Gasteiger charge is 2.28. The molecule has 2 aromatic heterocycles. The van der Waals surface area contributed by atoms with Gasteiger partial charge in [-0.25, -0.2) is 13.8 Å². The van der Waals surface area contributed by atoms with Gasteiger partial charge >= 0.3 is 0 Å². The van der Waals surface area contributed by atoms with Gasteiger partial charge in [0.2, 0.25) is 5.95 Å².